The zero-order valence-electron chi connectivity index (χ0n) is 18.8. The van der Waals surface area contributed by atoms with Crippen molar-refractivity contribution in [2.24, 2.45) is 16.1 Å². The summed E-state index contributed by atoms with van der Waals surface area (Å²) in [5.74, 6) is 1.30. The van der Waals surface area contributed by atoms with Crippen LogP contribution in [0.3, 0.4) is 0 Å². The van der Waals surface area contributed by atoms with Crippen LogP contribution in [0.15, 0.2) is 41.7 Å². The van der Waals surface area contributed by atoms with E-state index in [0.29, 0.717) is 53.7 Å². The number of imide groups is 1. The van der Waals surface area contributed by atoms with Crippen molar-refractivity contribution in [2.45, 2.75) is 33.6 Å². The Balaban J connectivity index is 1.76. The molecule has 0 radical (unpaired) electrons. The monoisotopic (exact) mass is 436 g/mol. The number of nitrogens with zero attached hydrogens (tertiary/aromatic N) is 4. The quantitative estimate of drug-likeness (QED) is 0.667. The molecule has 0 spiro atoms. The molecule has 1 saturated heterocycles. The average Bonchev–Trinajstić information content (AvgIpc) is 3.05. The topological polar surface area (TPSA) is 123 Å². The number of aliphatic imine (C=N–C) groups is 1. The Morgan fingerprint density at radius 2 is 2.16 bits per heavy atom. The van der Waals surface area contributed by atoms with Crippen LogP contribution in [0.4, 0.5) is 10.6 Å². The predicted molar refractivity (Wildman–Crippen MR) is 124 cm³/mol. The Labute approximate surface area is 187 Å². The highest BCUT2D eigenvalue weighted by atomic mass is 16.5. The van der Waals surface area contributed by atoms with E-state index in [2.05, 4.69) is 20.3 Å². The second-order valence-electron chi connectivity index (χ2n) is 8.00. The fraction of sp³-hybridized carbons (Fsp3) is 0.348. The highest BCUT2D eigenvalue weighted by molar-refractivity contribution is 6.08. The van der Waals surface area contributed by atoms with Crippen molar-refractivity contribution < 1.29 is 14.3 Å². The van der Waals surface area contributed by atoms with Crippen molar-refractivity contribution in [2.75, 3.05) is 18.9 Å². The molecule has 32 heavy (non-hydrogen) atoms. The van der Waals surface area contributed by atoms with Crippen LogP contribution in [-0.2, 0) is 11.2 Å². The van der Waals surface area contributed by atoms with E-state index in [1.54, 1.807) is 43.7 Å². The van der Waals surface area contributed by atoms with E-state index in [4.69, 9.17) is 10.5 Å². The first-order valence-electron chi connectivity index (χ1n) is 10.4. The number of aromatic nitrogens is 2. The number of hydrogen-bond donors (Lipinski definition) is 2. The molecule has 0 unspecified atom stereocenters. The Kier molecular flexibility index (Phi) is 6.87. The van der Waals surface area contributed by atoms with Gasteiger partial charge in [0.05, 0.1) is 11.4 Å². The summed E-state index contributed by atoms with van der Waals surface area (Å²) >= 11 is 0. The van der Waals surface area contributed by atoms with Crippen LogP contribution in [0.25, 0.3) is 5.57 Å². The lowest BCUT2D eigenvalue weighted by molar-refractivity contribution is -0.131. The van der Waals surface area contributed by atoms with Gasteiger partial charge in [-0.3, -0.25) is 25.0 Å². The van der Waals surface area contributed by atoms with Gasteiger partial charge < -0.3 is 10.5 Å². The number of carbonyl (C=O) groups is 2. The number of anilines is 1. The maximum absolute atomic E-state index is 12.6. The number of amides is 3. The Morgan fingerprint density at radius 1 is 1.38 bits per heavy atom. The van der Waals surface area contributed by atoms with Crippen LogP contribution < -0.4 is 15.8 Å². The predicted octanol–water partition coefficient (Wildman–Crippen LogP) is 3.62. The molecule has 0 saturated carbocycles. The van der Waals surface area contributed by atoms with Gasteiger partial charge in [0, 0.05) is 49.3 Å². The van der Waals surface area contributed by atoms with Gasteiger partial charge in [0.25, 0.3) is 0 Å². The lowest BCUT2D eigenvalue weighted by Crippen LogP contribution is -2.39. The van der Waals surface area contributed by atoms with E-state index in [1.807, 2.05) is 20.8 Å². The van der Waals surface area contributed by atoms with Crippen molar-refractivity contribution >= 4 is 29.5 Å². The lowest BCUT2D eigenvalue weighted by Gasteiger charge is -2.18. The van der Waals surface area contributed by atoms with Crippen LogP contribution in [0.5, 0.6) is 11.5 Å². The lowest BCUT2D eigenvalue weighted by atomic mass is 9.92. The van der Waals surface area contributed by atoms with Gasteiger partial charge in [-0.2, -0.15) is 0 Å². The standard InChI is InChI=1S/C23H28N6O3/c1-5-17-19(32-16-8-10-26-18(12-16)15(13-24)14-25-4)6-7-20(27-17)28-22(31)29-11-9-23(2,3)21(29)30/h6-8,10,12-14H,5,9,11,24H2,1-4H3,(H,27,28,31). The Hall–Kier alpha value is -3.75. The van der Waals surface area contributed by atoms with Gasteiger partial charge in [0.1, 0.15) is 17.3 Å². The van der Waals surface area contributed by atoms with Gasteiger partial charge in [-0.25, -0.2) is 9.78 Å². The molecule has 1 fully saturated rings. The third-order valence-corrected chi connectivity index (χ3v) is 5.23. The molecule has 0 bridgehead atoms. The van der Waals surface area contributed by atoms with Crippen molar-refractivity contribution in [1.82, 2.24) is 14.9 Å². The second-order valence-corrected chi connectivity index (χ2v) is 8.00. The summed E-state index contributed by atoms with van der Waals surface area (Å²) in [6.07, 6.45) is 5.90. The molecule has 2 aromatic heterocycles. The number of rotatable bonds is 6. The molecule has 0 aliphatic carbocycles. The molecule has 3 heterocycles. The number of aryl methyl sites for hydroxylation is 1. The molecule has 3 N–H and O–H groups in total. The zero-order chi connectivity index (χ0) is 23.3. The number of nitrogens with two attached hydrogens (primary N) is 1. The molecule has 1 aliphatic heterocycles. The number of nitrogens with one attached hydrogen (secondary N) is 1. The van der Waals surface area contributed by atoms with E-state index in [-0.39, 0.29) is 5.91 Å². The summed E-state index contributed by atoms with van der Waals surface area (Å²) in [4.78, 5) is 38.9. The van der Waals surface area contributed by atoms with Crippen LogP contribution in [0.1, 0.15) is 38.6 Å². The third-order valence-electron chi connectivity index (χ3n) is 5.23. The molecule has 1 aliphatic rings. The fourth-order valence-corrected chi connectivity index (χ4v) is 3.33. The van der Waals surface area contributed by atoms with Crippen LogP contribution in [-0.4, -0.2) is 46.6 Å². The van der Waals surface area contributed by atoms with Crippen molar-refractivity contribution in [1.29, 1.82) is 0 Å². The molecule has 3 amide bonds. The minimum absolute atomic E-state index is 0.182. The number of allylic oxidation sites excluding steroid dienone is 1. The summed E-state index contributed by atoms with van der Waals surface area (Å²) < 4.78 is 6.03. The van der Waals surface area contributed by atoms with E-state index < -0.39 is 11.4 Å². The van der Waals surface area contributed by atoms with E-state index in [1.165, 1.54) is 11.1 Å². The van der Waals surface area contributed by atoms with E-state index >= 15 is 0 Å². The third kappa shape index (κ3) is 4.93. The molecule has 3 rings (SSSR count). The summed E-state index contributed by atoms with van der Waals surface area (Å²) in [7, 11) is 1.66. The largest absolute Gasteiger partial charge is 0.455 e. The zero-order valence-corrected chi connectivity index (χ0v) is 18.8. The van der Waals surface area contributed by atoms with Gasteiger partial charge in [-0.15, -0.1) is 0 Å². The molecule has 0 atom stereocenters. The summed E-state index contributed by atoms with van der Waals surface area (Å²) in [6, 6.07) is 6.41. The first-order chi connectivity index (χ1) is 15.3. The van der Waals surface area contributed by atoms with E-state index in [9.17, 15) is 9.59 Å². The molecular weight excluding hydrogens is 408 g/mol. The Bertz CT molecular complexity index is 1080. The summed E-state index contributed by atoms with van der Waals surface area (Å²) in [5.41, 5.74) is 7.10. The van der Waals surface area contributed by atoms with E-state index in [0.717, 1.165) is 0 Å². The molecule has 9 heteroatoms. The maximum atomic E-state index is 12.6. The van der Waals surface area contributed by atoms with Crippen molar-refractivity contribution in [3.63, 3.8) is 0 Å². The molecular formula is C23H28N6O3. The van der Waals surface area contributed by atoms with Crippen molar-refractivity contribution in [3.8, 4) is 11.5 Å². The fourth-order valence-electron chi connectivity index (χ4n) is 3.33. The number of likely N-dealkylation sites (tertiary alicyclic amines) is 1. The molecule has 9 nitrogen and oxygen atoms in total. The molecule has 2 aromatic rings. The normalized spacial score (nSPS) is 15.9. The minimum atomic E-state index is -0.525. The number of carbonyl (C=O) groups excluding carboxylic acids is 2. The highest BCUT2D eigenvalue weighted by Gasteiger charge is 2.41. The van der Waals surface area contributed by atoms with Crippen molar-refractivity contribution in [3.05, 3.63) is 48.1 Å². The smallest absolute Gasteiger partial charge is 0.329 e. The average molecular weight is 437 g/mol. The van der Waals surface area contributed by atoms with Gasteiger partial charge >= 0.3 is 6.03 Å². The van der Waals surface area contributed by atoms with Gasteiger partial charge in [0.2, 0.25) is 5.91 Å². The SMILES string of the molecule is CCc1nc(NC(=O)N2CCC(C)(C)C2=O)ccc1Oc1ccnc(C(C=NC)=CN)c1. The van der Waals surface area contributed by atoms with Gasteiger partial charge in [-0.1, -0.05) is 20.8 Å². The molecule has 0 aromatic carbocycles. The number of urea groups is 1. The first-order valence-corrected chi connectivity index (χ1v) is 10.4. The minimum Gasteiger partial charge on any atom is -0.455 e. The Morgan fingerprint density at radius 3 is 2.78 bits per heavy atom. The number of pyridine rings is 2. The number of ether oxygens (including phenoxy) is 1. The molecule has 168 valence electrons. The summed E-state index contributed by atoms with van der Waals surface area (Å²) in [5, 5.41) is 2.72. The first kappa shape index (κ1) is 22.9. The van der Waals surface area contributed by atoms with Gasteiger partial charge in [-0.05, 0) is 31.0 Å². The maximum Gasteiger partial charge on any atom is 0.329 e. The second kappa shape index (κ2) is 9.59. The van der Waals surface area contributed by atoms with Crippen LogP contribution >= 0.6 is 0 Å². The van der Waals surface area contributed by atoms with Crippen LogP contribution in [0, 0.1) is 5.41 Å². The summed E-state index contributed by atoms with van der Waals surface area (Å²) in [6.45, 7) is 6.02. The number of hydrogen-bond acceptors (Lipinski definition) is 7. The van der Waals surface area contributed by atoms with Gasteiger partial charge in [0.15, 0.2) is 0 Å². The highest BCUT2D eigenvalue weighted by Crippen LogP contribution is 2.31. The van der Waals surface area contributed by atoms with Crippen LogP contribution in [0.2, 0.25) is 0 Å².